The fourth-order valence-electron chi connectivity index (χ4n) is 3.61. The van der Waals surface area contributed by atoms with E-state index >= 15 is 0 Å². The van der Waals surface area contributed by atoms with Crippen molar-refractivity contribution in [3.05, 3.63) is 71.6 Å². The Hall–Kier alpha value is -2.54. The molecule has 0 aliphatic carbocycles. The molecule has 152 valence electrons. The molecule has 4 nitrogen and oxygen atoms in total. The minimum atomic E-state index is -0.0114. The second-order valence-corrected chi connectivity index (χ2v) is 8.99. The summed E-state index contributed by atoms with van der Waals surface area (Å²) in [5.74, 6) is 1.63. The zero-order valence-corrected chi connectivity index (χ0v) is 18.3. The highest BCUT2D eigenvalue weighted by Gasteiger charge is 2.20. The average molecular weight is 435 g/mol. The Balaban J connectivity index is 1.35. The standard InChI is InChI=1S/C24H22N2O2S2/c1-29-19-9-8-16-11-17(24(26-20(16)12-19)23-7-4-10-30-23)13-25-14-18-15-27-21-5-2-3-6-22(21)28-18/h2-12,18,25H,13-15H2,1H3/t18-/m0/s1. The number of nitrogens with zero attached hydrogens (tertiary/aromatic N) is 1. The van der Waals surface area contributed by atoms with E-state index in [4.69, 9.17) is 14.5 Å². The molecule has 0 fully saturated rings. The molecular weight excluding hydrogens is 412 g/mol. The van der Waals surface area contributed by atoms with E-state index in [0.717, 1.165) is 34.6 Å². The molecule has 0 saturated heterocycles. The lowest BCUT2D eigenvalue weighted by atomic mass is 10.1. The van der Waals surface area contributed by atoms with E-state index in [1.54, 1.807) is 23.1 Å². The molecule has 30 heavy (non-hydrogen) atoms. The molecule has 0 unspecified atom stereocenters. The summed E-state index contributed by atoms with van der Waals surface area (Å²) in [6, 6.07) is 20.8. The first kappa shape index (κ1) is 19.4. The van der Waals surface area contributed by atoms with Gasteiger partial charge in [-0.05, 0) is 53.6 Å². The first-order valence-corrected chi connectivity index (χ1v) is 12.0. The third-order valence-electron chi connectivity index (χ3n) is 5.11. The third-order valence-corrected chi connectivity index (χ3v) is 6.72. The zero-order chi connectivity index (χ0) is 20.3. The molecule has 1 N–H and O–H groups in total. The quantitative estimate of drug-likeness (QED) is 0.399. The van der Waals surface area contributed by atoms with Gasteiger partial charge < -0.3 is 14.8 Å². The van der Waals surface area contributed by atoms with E-state index in [1.165, 1.54) is 15.3 Å². The van der Waals surface area contributed by atoms with Crippen LogP contribution in [0, 0.1) is 0 Å². The van der Waals surface area contributed by atoms with E-state index in [-0.39, 0.29) is 6.10 Å². The number of thiophene rings is 1. The second-order valence-electron chi connectivity index (χ2n) is 7.16. The Morgan fingerprint density at radius 3 is 2.83 bits per heavy atom. The molecule has 0 bridgehead atoms. The van der Waals surface area contributed by atoms with Crippen molar-refractivity contribution in [3.8, 4) is 22.1 Å². The molecule has 1 aliphatic rings. The number of aromatic nitrogens is 1. The van der Waals surface area contributed by atoms with E-state index in [2.05, 4.69) is 53.4 Å². The Kier molecular flexibility index (Phi) is 5.62. The number of benzene rings is 2. The monoisotopic (exact) mass is 434 g/mol. The van der Waals surface area contributed by atoms with E-state index in [0.29, 0.717) is 13.2 Å². The van der Waals surface area contributed by atoms with Crippen LogP contribution in [0.2, 0.25) is 0 Å². The van der Waals surface area contributed by atoms with Gasteiger partial charge in [0.15, 0.2) is 11.5 Å². The fourth-order valence-corrected chi connectivity index (χ4v) is 4.79. The Morgan fingerprint density at radius 1 is 1.10 bits per heavy atom. The minimum absolute atomic E-state index is 0.0114. The van der Waals surface area contributed by atoms with Crippen molar-refractivity contribution in [1.29, 1.82) is 0 Å². The topological polar surface area (TPSA) is 43.4 Å². The lowest BCUT2D eigenvalue weighted by molar-refractivity contribution is 0.0902. The summed E-state index contributed by atoms with van der Waals surface area (Å²) in [5, 5.41) is 6.81. The molecule has 2 aromatic heterocycles. The molecule has 2 aromatic carbocycles. The number of para-hydroxylation sites is 2. The maximum absolute atomic E-state index is 6.06. The van der Waals surface area contributed by atoms with Crippen LogP contribution >= 0.6 is 23.1 Å². The number of fused-ring (bicyclic) bond motifs is 2. The molecule has 0 saturated carbocycles. The molecule has 0 amide bonds. The van der Waals surface area contributed by atoms with Crippen molar-refractivity contribution in [3.63, 3.8) is 0 Å². The number of hydrogen-bond acceptors (Lipinski definition) is 6. The third kappa shape index (κ3) is 4.03. The molecule has 6 heteroatoms. The molecule has 1 atom stereocenters. The number of rotatable bonds is 6. The second kappa shape index (κ2) is 8.68. The van der Waals surface area contributed by atoms with Crippen molar-refractivity contribution < 1.29 is 9.47 Å². The van der Waals surface area contributed by atoms with Crippen molar-refractivity contribution in [2.24, 2.45) is 0 Å². The highest BCUT2D eigenvalue weighted by Crippen LogP contribution is 2.32. The Bertz CT molecular complexity index is 1160. The number of ether oxygens (including phenoxy) is 2. The summed E-state index contributed by atoms with van der Waals surface area (Å²) in [4.78, 5) is 7.44. The summed E-state index contributed by atoms with van der Waals surface area (Å²) < 4.78 is 11.9. The van der Waals surface area contributed by atoms with Crippen molar-refractivity contribution in [2.45, 2.75) is 17.5 Å². The van der Waals surface area contributed by atoms with Gasteiger partial charge in [-0.15, -0.1) is 23.1 Å². The first-order chi connectivity index (χ1) is 14.8. The molecule has 5 rings (SSSR count). The maximum atomic E-state index is 6.06. The van der Waals surface area contributed by atoms with Gasteiger partial charge in [-0.2, -0.15) is 0 Å². The van der Waals surface area contributed by atoms with Gasteiger partial charge in [0.1, 0.15) is 12.7 Å². The number of thioether (sulfide) groups is 1. The van der Waals surface area contributed by atoms with Gasteiger partial charge in [0, 0.05) is 23.4 Å². The molecule has 0 radical (unpaired) electrons. The molecule has 3 heterocycles. The first-order valence-electron chi connectivity index (χ1n) is 9.91. The normalized spacial score (nSPS) is 15.4. The summed E-state index contributed by atoms with van der Waals surface area (Å²) >= 11 is 3.46. The molecular formula is C24H22N2O2S2. The minimum Gasteiger partial charge on any atom is -0.486 e. The number of hydrogen-bond donors (Lipinski definition) is 1. The SMILES string of the molecule is CSc1ccc2cc(CNC[C@H]3COc4ccccc4O3)c(-c3cccs3)nc2c1. The van der Waals surface area contributed by atoms with Crippen molar-refractivity contribution in [2.75, 3.05) is 19.4 Å². The van der Waals surface area contributed by atoms with Crippen molar-refractivity contribution >= 4 is 34.0 Å². The number of pyridine rings is 1. The molecule has 0 spiro atoms. The van der Waals surface area contributed by atoms with E-state index in [9.17, 15) is 0 Å². The van der Waals surface area contributed by atoms with Crippen molar-refractivity contribution in [1.82, 2.24) is 10.3 Å². The van der Waals surface area contributed by atoms with Crippen LogP contribution in [0.1, 0.15) is 5.56 Å². The van der Waals surface area contributed by atoms with Gasteiger partial charge in [-0.1, -0.05) is 24.3 Å². The van der Waals surface area contributed by atoms with Gasteiger partial charge >= 0.3 is 0 Å². The van der Waals surface area contributed by atoms with Gasteiger partial charge in [0.2, 0.25) is 0 Å². The van der Waals surface area contributed by atoms with Crippen LogP contribution in [-0.2, 0) is 6.54 Å². The lowest BCUT2D eigenvalue weighted by Crippen LogP contribution is -2.38. The highest BCUT2D eigenvalue weighted by atomic mass is 32.2. The van der Waals surface area contributed by atoms with Crippen LogP contribution in [-0.4, -0.2) is 30.5 Å². The zero-order valence-electron chi connectivity index (χ0n) is 16.6. The van der Waals surface area contributed by atoms with Gasteiger partial charge in [0.25, 0.3) is 0 Å². The largest absolute Gasteiger partial charge is 0.486 e. The average Bonchev–Trinajstić information content (AvgIpc) is 3.33. The highest BCUT2D eigenvalue weighted by molar-refractivity contribution is 7.98. The van der Waals surface area contributed by atoms with Crippen LogP contribution in [0.25, 0.3) is 21.5 Å². The number of nitrogens with one attached hydrogen (secondary N) is 1. The van der Waals surface area contributed by atoms with Crippen LogP contribution in [0.3, 0.4) is 0 Å². The summed E-state index contributed by atoms with van der Waals surface area (Å²) in [7, 11) is 0. The Morgan fingerprint density at radius 2 is 2.00 bits per heavy atom. The Labute approximate surface area is 184 Å². The van der Waals surface area contributed by atoms with Gasteiger partial charge in [0.05, 0.1) is 16.1 Å². The predicted molar refractivity (Wildman–Crippen MR) is 125 cm³/mol. The van der Waals surface area contributed by atoms with Crippen LogP contribution < -0.4 is 14.8 Å². The summed E-state index contributed by atoms with van der Waals surface area (Å²) in [6.45, 7) is 1.98. The fraction of sp³-hybridized carbons (Fsp3) is 0.208. The smallest absolute Gasteiger partial charge is 0.161 e. The summed E-state index contributed by atoms with van der Waals surface area (Å²) in [5.41, 5.74) is 3.28. The van der Waals surface area contributed by atoms with Crippen LogP contribution in [0.4, 0.5) is 0 Å². The molecule has 1 aliphatic heterocycles. The van der Waals surface area contributed by atoms with Crippen LogP contribution in [0.15, 0.2) is 70.9 Å². The van der Waals surface area contributed by atoms with Gasteiger partial charge in [-0.3, -0.25) is 0 Å². The van der Waals surface area contributed by atoms with E-state index < -0.39 is 0 Å². The lowest BCUT2D eigenvalue weighted by Gasteiger charge is -2.26. The van der Waals surface area contributed by atoms with Gasteiger partial charge in [-0.25, -0.2) is 4.98 Å². The maximum Gasteiger partial charge on any atom is 0.161 e. The van der Waals surface area contributed by atoms with E-state index in [1.807, 2.05) is 24.3 Å². The summed E-state index contributed by atoms with van der Waals surface area (Å²) in [6.07, 6.45) is 2.08. The predicted octanol–water partition coefficient (Wildman–Crippen LogP) is 5.61. The molecule has 4 aromatic rings. The van der Waals surface area contributed by atoms with Crippen LogP contribution in [0.5, 0.6) is 11.5 Å².